The van der Waals surface area contributed by atoms with E-state index in [1.165, 1.54) is 25.9 Å². The summed E-state index contributed by atoms with van der Waals surface area (Å²) < 4.78 is 10.6. The molecule has 2 rings (SSSR count). The van der Waals surface area contributed by atoms with Gasteiger partial charge in [-0.25, -0.2) is 4.79 Å². The van der Waals surface area contributed by atoms with Crippen LogP contribution in [0.1, 0.15) is 37.6 Å². The van der Waals surface area contributed by atoms with Gasteiger partial charge < -0.3 is 9.47 Å². The third kappa shape index (κ3) is 4.85. The van der Waals surface area contributed by atoms with Gasteiger partial charge in [0.25, 0.3) is 0 Å². The van der Waals surface area contributed by atoms with Gasteiger partial charge in [-0.1, -0.05) is 7.43 Å². The van der Waals surface area contributed by atoms with Crippen LogP contribution < -0.4 is 4.74 Å². The lowest BCUT2D eigenvalue weighted by atomic mass is 10.2. The molecule has 112 valence electrons. The Morgan fingerprint density at radius 3 is 2.45 bits per heavy atom. The average molecular weight is 279 g/mol. The van der Waals surface area contributed by atoms with Gasteiger partial charge in [0.1, 0.15) is 12.4 Å². The largest absolute Gasteiger partial charge is 0.492 e. The molecule has 0 aliphatic carbocycles. The van der Waals surface area contributed by atoms with Crippen molar-refractivity contribution in [2.45, 2.75) is 27.2 Å². The van der Waals surface area contributed by atoms with Crippen LogP contribution in [0, 0.1) is 0 Å². The summed E-state index contributed by atoms with van der Waals surface area (Å²) >= 11 is 0. The zero-order chi connectivity index (χ0) is 13.5. The van der Waals surface area contributed by atoms with Gasteiger partial charge in [-0.15, -0.1) is 0 Å². The van der Waals surface area contributed by atoms with Crippen molar-refractivity contribution in [2.24, 2.45) is 0 Å². The molecule has 1 saturated heterocycles. The van der Waals surface area contributed by atoms with Crippen molar-refractivity contribution in [1.82, 2.24) is 4.90 Å². The van der Waals surface area contributed by atoms with Crippen molar-refractivity contribution < 1.29 is 14.3 Å². The fourth-order valence-corrected chi connectivity index (χ4v) is 2.20. The average Bonchev–Trinajstić information content (AvgIpc) is 2.93. The molecule has 0 amide bonds. The Labute approximate surface area is 121 Å². The number of esters is 1. The highest BCUT2D eigenvalue weighted by atomic mass is 16.5. The lowest BCUT2D eigenvalue weighted by Crippen LogP contribution is -2.25. The predicted molar refractivity (Wildman–Crippen MR) is 80.3 cm³/mol. The maximum atomic E-state index is 11.5. The second kappa shape index (κ2) is 8.59. The summed E-state index contributed by atoms with van der Waals surface area (Å²) in [6, 6.07) is 7.11. The highest BCUT2D eigenvalue weighted by Crippen LogP contribution is 2.13. The summed E-state index contributed by atoms with van der Waals surface area (Å²) in [5.74, 6) is 0.512. The van der Waals surface area contributed by atoms with Crippen LogP contribution >= 0.6 is 0 Å². The minimum absolute atomic E-state index is 0. The summed E-state index contributed by atoms with van der Waals surface area (Å²) in [5.41, 5.74) is 0.564. The number of benzene rings is 1. The number of likely N-dealkylation sites (tertiary alicyclic amines) is 1. The lowest BCUT2D eigenvalue weighted by molar-refractivity contribution is 0.0526. The molecular formula is C16H25NO3. The molecule has 0 aromatic heterocycles. The highest BCUT2D eigenvalue weighted by Gasteiger charge is 2.11. The van der Waals surface area contributed by atoms with Gasteiger partial charge in [0, 0.05) is 6.54 Å². The zero-order valence-electron chi connectivity index (χ0n) is 11.4. The van der Waals surface area contributed by atoms with E-state index in [2.05, 4.69) is 4.90 Å². The Kier molecular flexibility index (Phi) is 7.09. The number of carbonyl (C=O) groups is 1. The Hall–Kier alpha value is -1.55. The minimum Gasteiger partial charge on any atom is -0.492 e. The number of carbonyl (C=O) groups excluding carboxylic acids is 1. The molecular weight excluding hydrogens is 254 g/mol. The fourth-order valence-electron chi connectivity index (χ4n) is 2.20. The zero-order valence-corrected chi connectivity index (χ0v) is 11.4. The van der Waals surface area contributed by atoms with Crippen molar-refractivity contribution in [3.05, 3.63) is 29.8 Å². The van der Waals surface area contributed by atoms with Crippen molar-refractivity contribution in [2.75, 3.05) is 32.8 Å². The van der Waals surface area contributed by atoms with Gasteiger partial charge in [0.05, 0.1) is 12.2 Å². The number of hydrogen-bond donors (Lipinski definition) is 0. The van der Waals surface area contributed by atoms with E-state index in [0.717, 1.165) is 12.3 Å². The van der Waals surface area contributed by atoms with E-state index in [1.54, 1.807) is 19.1 Å². The van der Waals surface area contributed by atoms with Gasteiger partial charge in [0.2, 0.25) is 0 Å². The topological polar surface area (TPSA) is 38.8 Å². The van der Waals surface area contributed by atoms with Crippen LogP contribution in [-0.2, 0) is 4.74 Å². The molecule has 0 saturated carbocycles. The maximum Gasteiger partial charge on any atom is 0.338 e. The first-order chi connectivity index (χ1) is 9.29. The third-order valence-corrected chi connectivity index (χ3v) is 3.24. The van der Waals surface area contributed by atoms with E-state index in [4.69, 9.17) is 9.47 Å². The van der Waals surface area contributed by atoms with E-state index in [-0.39, 0.29) is 13.4 Å². The molecule has 1 aliphatic heterocycles. The van der Waals surface area contributed by atoms with E-state index in [9.17, 15) is 4.79 Å². The van der Waals surface area contributed by atoms with Gasteiger partial charge in [-0.3, -0.25) is 4.90 Å². The second-order valence-electron chi connectivity index (χ2n) is 4.64. The molecule has 0 atom stereocenters. The van der Waals surface area contributed by atoms with E-state index >= 15 is 0 Å². The third-order valence-electron chi connectivity index (χ3n) is 3.24. The van der Waals surface area contributed by atoms with Crippen LogP contribution in [-0.4, -0.2) is 43.7 Å². The van der Waals surface area contributed by atoms with Crippen LogP contribution in [0.15, 0.2) is 24.3 Å². The molecule has 1 fully saturated rings. The Bertz CT molecular complexity index is 397. The molecule has 0 radical (unpaired) electrons. The van der Waals surface area contributed by atoms with E-state index in [1.807, 2.05) is 12.1 Å². The first-order valence-corrected chi connectivity index (χ1v) is 6.92. The molecule has 1 aromatic rings. The first kappa shape index (κ1) is 16.5. The molecule has 0 spiro atoms. The molecule has 1 aromatic carbocycles. The van der Waals surface area contributed by atoms with Crippen LogP contribution in [0.2, 0.25) is 0 Å². The normalized spacial score (nSPS) is 14.7. The summed E-state index contributed by atoms with van der Waals surface area (Å²) in [5, 5.41) is 0. The Morgan fingerprint density at radius 2 is 1.85 bits per heavy atom. The molecule has 0 bridgehead atoms. The summed E-state index contributed by atoms with van der Waals surface area (Å²) in [4.78, 5) is 13.9. The smallest absolute Gasteiger partial charge is 0.338 e. The maximum absolute atomic E-state index is 11.5. The number of rotatable bonds is 6. The molecule has 4 heteroatoms. The molecule has 0 N–H and O–H groups in total. The van der Waals surface area contributed by atoms with Crippen LogP contribution in [0.5, 0.6) is 5.75 Å². The standard InChI is InChI=1S/C15H21NO3.CH4/c1-2-18-15(17)13-5-7-14(8-6-13)19-12-11-16-9-3-4-10-16;/h5-8H,2-4,9-12H2,1H3;1H4. The monoisotopic (exact) mass is 279 g/mol. The Morgan fingerprint density at radius 1 is 1.20 bits per heavy atom. The molecule has 4 nitrogen and oxygen atoms in total. The van der Waals surface area contributed by atoms with Crippen LogP contribution in [0.4, 0.5) is 0 Å². The number of hydrogen-bond acceptors (Lipinski definition) is 4. The quantitative estimate of drug-likeness (QED) is 0.750. The van der Waals surface area contributed by atoms with Gasteiger partial charge in [0.15, 0.2) is 0 Å². The number of nitrogens with zero attached hydrogens (tertiary/aromatic N) is 1. The van der Waals surface area contributed by atoms with Crippen molar-refractivity contribution in [3.8, 4) is 5.75 Å². The molecule has 1 aliphatic rings. The van der Waals surface area contributed by atoms with Gasteiger partial charge >= 0.3 is 5.97 Å². The van der Waals surface area contributed by atoms with E-state index in [0.29, 0.717) is 18.8 Å². The molecule has 20 heavy (non-hydrogen) atoms. The van der Waals surface area contributed by atoms with Crippen molar-refractivity contribution >= 4 is 5.97 Å². The predicted octanol–water partition coefficient (Wildman–Crippen LogP) is 2.97. The fraction of sp³-hybridized carbons (Fsp3) is 0.562. The second-order valence-corrected chi connectivity index (χ2v) is 4.64. The number of ether oxygens (including phenoxy) is 2. The minimum atomic E-state index is -0.286. The van der Waals surface area contributed by atoms with Crippen molar-refractivity contribution in [1.29, 1.82) is 0 Å². The highest BCUT2D eigenvalue weighted by molar-refractivity contribution is 5.89. The summed E-state index contributed by atoms with van der Waals surface area (Å²) in [6.45, 7) is 6.23. The van der Waals surface area contributed by atoms with Crippen molar-refractivity contribution in [3.63, 3.8) is 0 Å². The SMILES string of the molecule is C.CCOC(=O)c1ccc(OCCN2CCCC2)cc1. The lowest BCUT2D eigenvalue weighted by Gasteiger charge is -2.14. The van der Waals surface area contributed by atoms with Gasteiger partial charge in [-0.05, 0) is 57.1 Å². The summed E-state index contributed by atoms with van der Waals surface area (Å²) in [7, 11) is 0. The molecule has 1 heterocycles. The molecule has 0 unspecified atom stereocenters. The van der Waals surface area contributed by atoms with Crippen LogP contribution in [0.3, 0.4) is 0 Å². The van der Waals surface area contributed by atoms with Gasteiger partial charge in [-0.2, -0.15) is 0 Å². The summed E-state index contributed by atoms with van der Waals surface area (Å²) in [6.07, 6.45) is 2.60. The Balaban J connectivity index is 0.00000200. The van der Waals surface area contributed by atoms with E-state index < -0.39 is 0 Å². The van der Waals surface area contributed by atoms with Crippen LogP contribution in [0.25, 0.3) is 0 Å². The first-order valence-electron chi connectivity index (χ1n) is 6.92.